The Kier molecular flexibility index (Phi) is 5.78. The minimum absolute atomic E-state index is 0.0228. The molecule has 0 fully saturated rings. The molecule has 4 rings (SSSR count). The van der Waals surface area contributed by atoms with Gasteiger partial charge in [-0.05, 0) is 55.1 Å². The van der Waals surface area contributed by atoms with Crippen LogP contribution in [-0.2, 0) is 6.54 Å². The average molecular weight is 435 g/mol. The summed E-state index contributed by atoms with van der Waals surface area (Å²) in [6.07, 6.45) is 0. The molecule has 0 aliphatic carbocycles. The van der Waals surface area contributed by atoms with Crippen molar-refractivity contribution in [3.05, 3.63) is 89.2 Å². The van der Waals surface area contributed by atoms with Crippen LogP contribution in [0.15, 0.2) is 66.7 Å². The lowest BCUT2D eigenvalue weighted by atomic mass is 10.1. The van der Waals surface area contributed by atoms with Crippen LogP contribution in [0.4, 0.5) is 35.2 Å². The van der Waals surface area contributed by atoms with E-state index in [-0.39, 0.29) is 18.2 Å². The van der Waals surface area contributed by atoms with Gasteiger partial charge < -0.3 is 0 Å². The van der Waals surface area contributed by atoms with Crippen LogP contribution in [0.2, 0.25) is 0 Å². The quantitative estimate of drug-likeness (QED) is 0.364. The van der Waals surface area contributed by atoms with E-state index in [4.69, 9.17) is 0 Å². The van der Waals surface area contributed by atoms with Gasteiger partial charge in [0.15, 0.2) is 5.82 Å². The van der Waals surface area contributed by atoms with Crippen molar-refractivity contribution in [2.24, 2.45) is 0 Å². The van der Waals surface area contributed by atoms with E-state index in [1.807, 2.05) is 19.9 Å². The molecule has 0 radical (unpaired) electrons. The molecule has 0 atom stereocenters. The van der Waals surface area contributed by atoms with Gasteiger partial charge in [-0.3, -0.25) is 9.80 Å². The summed E-state index contributed by atoms with van der Waals surface area (Å²) in [5, 5.41) is -1.18. The molecule has 0 aromatic heterocycles. The molecule has 0 unspecified atom stereocenters. The van der Waals surface area contributed by atoms with Gasteiger partial charge in [0.25, 0.3) is 0 Å². The number of nitrogens with zero attached hydrogens (tertiary/aromatic N) is 3. The molecular weight excluding hydrogens is 415 g/mol. The van der Waals surface area contributed by atoms with Crippen molar-refractivity contribution in [3.63, 3.8) is 0 Å². The molecule has 7 heteroatoms. The highest BCUT2D eigenvalue weighted by molar-refractivity contribution is 6.08. The maximum atomic E-state index is 15.2. The Bertz CT molecular complexity index is 1220. The number of carbonyl (C=O) groups is 1. The predicted molar refractivity (Wildman–Crippen MR) is 119 cm³/mol. The fourth-order valence-corrected chi connectivity index (χ4v) is 3.74. The first-order valence-electron chi connectivity index (χ1n) is 10.1. The average Bonchev–Trinajstić information content (AvgIpc) is 2.77. The number of urea groups is 1. The topological polar surface area (TPSA) is 26.8 Å². The number of hydrogen-bond acceptors (Lipinski definition) is 2. The van der Waals surface area contributed by atoms with Crippen LogP contribution in [-0.4, -0.2) is 12.1 Å². The predicted octanol–water partition coefficient (Wildman–Crippen LogP) is 6.16. The highest BCUT2D eigenvalue weighted by Crippen LogP contribution is 2.40. The van der Waals surface area contributed by atoms with Crippen LogP contribution in [0.25, 0.3) is 0 Å². The summed E-state index contributed by atoms with van der Waals surface area (Å²) < 4.78 is 42.9. The maximum absolute atomic E-state index is 15.2. The monoisotopic (exact) mass is 435 g/mol. The zero-order valence-corrected chi connectivity index (χ0v) is 17.5. The number of amides is 2. The lowest BCUT2D eigenvalue weighted by Crippen LogP contribution is -2.50. The number of halogens is 3. The summed E-state index contributed by atoms with van der Waals surface area (Å²) in [6.45, 7) is 3.60. The number of carbonyl (C=O) groups excluding carboxylic acids is 1. The highest BCUT2D eigenvalue weighted by Gasteiger charge is 2.36. The third-order valence-electron chi connectivity index (χ3n) is 5.15. The number of hydrogen-bond donors (Lipinski definition) is 0. The van der Waals surface area contributed by atoms with E-state index >= 15 is 4.39 Å². The van der Waals surface area contributed by atoms with Gasteiger partial charge in [0.1, 0.15) is 11.4 Å². The van der Waals surface area contributed by atoms with Crippen LogP contribution in [0.3, 0.4) is 0 Å². The minimum Gasteiger partial charge on any atom is -0.291 e. The smallest absolute Gasteiger partial charge is 0.291 e. The molecule has 0 spiro atoms. The molecule has 162 valence electrons. The standard InChI is InChI=1S/C25H20F3N3O/c1-17(2)30-22-11-7-6-10-20(22)16-29(25(30)32)24-21(26)14-19(15-23(24)31(27)28)13-12-18-8-4-3-5-9-18/h3-11,14-15,17H,16H2,1-2H3. The molecule has 0 saturated heterocycles. The number of benzene rings is 3. The number of para-hydroxylation sites is 1. The fraction of sp³-hybridized carbons (Fsp3) is 0.160. The second-order valence-corrected chi connectivity index (χ2v) is 7.64. The van der Waals surface area contributed by atoms with Crippen LogP contribution in [0.5, 0.6) is 0 Å². The van der Waals surface area contributed by atoms with Gasteiger partial charge in [-0.2, -0.15) is 0 Å². The van der Waals surface area contributed by atoms with Crippen molar-refractivity contribution in [1.82, 2.24) is 0 Å². The lowest BCUT2D eigenvalue weighted by molar-refractivity contribution is 0.234. The normalized spacial score (nSPS) is 13.0. The van der Waals surface area contributed by atoms with Crippen LogP contribution in [0.1, 0.15) is 30.5 Å². The van der Waals surface area contributed by atoms with Gasteiger partial charge in [0.2, 0.25) is 0 Å². The Morgan fingerprint density at radius 3 is 2.28 bits per heavy atom. The van der Waals surface area contributed by atoms with Crippen LogP contribution >= 0.6 is 0 Å². The van der Waals surface area contributed by atoms with Crippen molar-refractivity contribution in [3.8, 4) is 11.8 Å². The van der Waals surface area contributed by atoms with Gasteiger partial charge in [-0.15, -0.1) is 0 Å². The SMILES string of the molecule is CC(C)N1C(=O)N(c2c(F)cc(C#Cc3ccccc3)cc2N(F)F)Cc2ccccc21. The third-order valence-corrected chi connectivity index (χ3v) is 5.15. The first-order chi connectivity index (χ1) is 15.4. The Balaban J connectivity index is 1.80. The summed E-state index contributed by atoms with van der Waals surface area (Å²) in [4.78, 5) is 15.8. The number of rotatable bonds is 3. The molecule has 0 N–H and O–H groups in total. The van der Waals surface area contributed by atoms with Crippen molar-refractivity contribution in [2.45, 2.75) is 26.4 Å². The van der Waals surface area contributed by atoms with E-state index < -0.39 is 28.6 Å². The van der Waals surface area contributed by atoms with Gasteiger partial charge in [-0.25, -0.2) is 9.18 Å². The van der Waals surface area contributed by atoms with Crippen LogP contribution in [0, 0.1) is 17.7 Å². The Hall–Kier alpha value is -3.92. The Labute approximate surface area is 184 Å². The van der Waals surface area contributed by atoms with Crippen molar-refractivity contribution < 1.29 is 18.1 Å². The maximum Gasteiger partial charge on any atom is 0.329 e. The Morgan fingerprint density at radius 2 is 1.59 bits per heavy atom. The fourth-order valence-electron chi connectivity index (χ4n) is 3.74. The highest BCUT2D eigenvalue weighted by atomic mass is 19.4. The molecule has 2 amide bonds. The van der Waals surface area contributed by atoms with Crippen molar-refractivity contribution >= 4 is 23.1 Å². The van der Waals surface area contributed by atoms with E-state index in [0.717, 1.165) is 22.6 Å². The number of anilines is 3. The van der Waals surface area contributed by atoms with Gasteiger partial charge >= 0.3 is 6.03 Å². The summed E-state index contributed by atoms with van der Waals surface area (Å²) in [5.41, 5.74) is 0.975. The molecule has 4 nitrogen and oxygen atoms in total. The summed E-state index contributed by atoms with van der Waals surface area (Å²) in [5.74, 6) is 4.60. The van der Waals surface area contributed by atoms with Gasteiger partial charge in [0, 0.05) is 17.2 Å². The summed E-state index contributed by atoms with van der Waals surface area (Å²) >= 11 is 0. The first kappa shape index (κ1) is 21.3. The van der Waals surface area contributed by atoms with Gasteiger partial charge in [0.05, 0.1) is 12.2 Å². The van der Waals surface area contributed by atoms with Crippen molar-refractivity contribution in [1.29, 1.82) is 0 Å². The third kappa shape index (κ3) is 4.00. The molecule has 1 aliphatic heterocycles. The molecule has 3 aromatic carbocycles. The Morgan fingerprint density at radius 1 is 0.938 bits per heavy atom. The first-order valence-corrected chi connectivity index (χ1v) is 10.1. The second kappa shape index (κ2) is 8.67. The molecule has 32 heavy (non-hydrogen) atoms. The molecular formula is C25H20F3N3O. The minimum atomic E-state index is -1.18. The van der Waals surface area contributed by atoms with Crippen LogP contribution < -0.4 is 15.1 Å². The van der Waals surface area contributed by atoms with E-state index in [9.17, 15) is 13.8 Å². The lowest BCUT2D eigenvalue weighted by Gasteiger charge is -2.39. The zero-order valence-electron chi connectivity index (χ0n) is 17.5. The second-order valence-electron chi connectivity index (χ2n) is 7.64. The van der Waals surface area contributed by atoms with Gasteiger partial charge in [-0.1, -0.05) is 57.2 Å². The van der Waals surface area contributed by atoms with Crippen molar-refractivity contribution in [2.75, 3.05) is 15.1 Å². The van der Waals surface area contributed by atoms with E-state index in [1.54, 1.807) is 48.5 Å². The molecule has 0 saturated carbocycles. The molecule has 1 heterocycles. The number of fused-ring (bicyclic) bond motifs is 1. The van der Waals surface area contributed by atoms with E-state index in [1.165, 1.54) is 4.90 Å². The zero-order chi connectivity index (χ0) is 22.8. The summed E-state index contributed by atoms with van der Waals surface area (Å²) in [7, 11) is 0. The molecule has 3 aromatic rings. The van der Waals surface area contributed by atoms with E-state index in [2.05, 4.69) is 11.8 Å². The summed E-state index contributed by atoms with van der Waals surface area (Å²) in [6, 6.07) is 17.5. The molecule has 1 aliphatic rings. The largest absolute Gasteiger partial charge is 0.329 e. The van der Waals surface area contributed by atoms with E-state index in [0.29, 0.717) is 11.3 Å². The molecule has 0 bridgehead atoms.